The summed E-state index contributed by atoms with van der Waals surface area (Å²) >= 11 is 3.00. The van der Waals surface area contributed by atoms with Gasteiger partial charge in [0.25, 0.3) is 0 Å². The molecule has 2 N–H and O–H groups in total. The van der Waals surface area contributed by atoms with Crippen LogP contribution in [0, 0.1) is 5.82 Å². The van der Waals surface area contributed by atoms with Crippen molar-refractivity contribution in [3.63, 3.8) is 0 Å². The molecule has 6 nitrogen and oxygen atoms in total. The number of anilines is 1. The zero-order valence-electron chi connectivity index (χ0n) is 12.8. The summed E-state index contributed by atoms with van der Waals surface area (Å²) < 4.78 is 18.8. The molecule has 2 amide bonds. The van der Waals surface area contributed by atoms with E-state index in [4.69, 9.17) is 4.74 Å². The predicted molar refractivity (Wildman–Crippen MR) is 84.8 cm³/mol. The Bertz CT molecular complexity index is 685. The van der Waals surface area contributed by atoms with Gasteiger partial charge in [-0.15, -0.1) is 0 Å². The predicted octanol–water partition coefficient (Wildman–Crippen LogP) is 3.01. The standard InChI is InChI=1S/C15H16BrFN2O4/c1-15(2,3)23-14(22)19-11-6-12(20)7-4-9(17)8(16)5-10(7)18-13(11)21/h4-5,11H,6H2,1-3H3,(H,18,21)(H,19,22). The van der Waals surface area contributed by atoms with Crippen LogP contribution in [0.3, 0.4) is 0 Å². The van der Waals surface area contributed by atoms with Crippen molar-refractivity contribution < 1.29 is 23.5 Å². The Kier molecular flexibility index (Phi) is 4.74. The third kappa shape index (κ3) is 4.28. The van der Waals surface area contributed by atoms with E-state index >= 15 is 0 Å². The number of ketones is 1. The highest BCUT2D eigenvalue weighted by atomic mass is 79.9. The lowest BCUT2D eigenvalue weighted by Crippen LogP contribution is -2.45. The number of hydrogen-bond donors (Lipinski definition) is 2. The van der Waals surface area contributed by atoms with Gasteiger partial charge in [0.2, 0.25) is 5.91 Å². The first-order valence-electron chi connectivity index (χ1n) is 6.89. The molecule has 0 fully saturated rings. The summed E-state index contributed by atoms with van der Waals surface area (Å²) in [5, 5.41) is 4.87. The Morgan fingerprint density at radius 2 is 2.04 bits per heavy atom. The van der Waals surface area contributed by atoms with Gasteiger partial charge >= 0.3 is 6.09 Å². The van der Waals surface area contributed by atoms with Gasteiger partial charge in [-0.25, -0.2) is 9.18 Å². The summed E-state index contributed by atoms with van der Waals surface area (Å²) in [5.41, 5.74) is -0.471. The second-order valence-electron chi connectivity index (χ2n) is 6.13. The first-order chi connectivity index (χ1) is 10.6. The van der Waals surface area contributed by atoms with E-state index < -0.39 is 35.2 Å². The third-order valence-electron chi connectivity index (χ3n) is 3.02. The normalized spacial score (nSPS) is 17.9. The number of hydrogen-bond acceptors (Lipinski definition) is 4. The monoisotopic (exact) mass is 386 g/mol. The van der Waals surface area contributed by atoms with E-state index in [9.17, 15) is 18.8 Å². The van der Waals surface area contributed by atoms with Crippen LogP contribution in [0.15, 0.2) is 16.6 Å². The summed E-state index contributed by atoms with van der Waals surface area (Å²) in [6, 6.07) is 1.28. The number of halogens is 2. The fraction of sp³-hybridized carbons (Fsp3) is 0.400. The van der Waals surface area contributed by atoms with Gasteiger partial charge in [0, 0.05) is 12.0 Å². The van der Waals surface area contributed by atoms with E-state index in [1.807, 2.05) is 0 Å². The third-order valence-corrected chi connectivity index (χ3v) is 3.62. The van der Waals surface area contributed by atoms with Gasteiger partial charge in [-0.3, -0.25) is 9.59 Å². The van der Waals surface area contributed by atoms with Crippen LogP contribution in [0.5, 0.6) is 0 Å². The molecule has 0 saturated carbocycles. The number of benzene rings is 1. The van der Waals surface area contributed by atoms with Crippen molar-refractivity contribution in [1.29, 1.82) is 0 Å². The fourth-order valence-electron chi connectivity index (χ4n) is 2.06. The van der Waals surface area contributed by atoms with Gasteiger partial charge in [0.15, 0.2) is 5.78 Å². The molecule has 1 aliphatic heterocycles. The quantitative estimate of drug-likeness (QED) is 0.776. The lowest BCUT2D eigenvalue weighted by atomic mass is 10.0. The molecule has 0 bridgehead atoms. The zero-order chi connectivity index (χ0) is 17.4. The lowest BCUT2D eigenvalue weighted by molar-refractivity contribution is -0.118. The SMILES string of the molecule is CC(C)(C)OC(=O)NC1CC(=O)c2cc(F)c(Br)cc2NC1=O. The average molecular weight is 387 g/mol. The lowest BCUT2D eigenvalue weighted by Gasteiger charge is -2.22. The van der Waals surface area contributed by atoms with Crippen LogP contribution < -0.4 is 10.6 Å². The molecule has 0 spiro atoms. The van der Waals surface area contributed by atoms with E-state index in [-0.39, 0.29) is 22.1 Å². The molecule has 0 radical (unpaired) electrons. The van der Waals surface area contributed by atoms with Crippen LogP contribution in [-0.2, 0) is 9.53 Å². The Morgan fingerprint density at radius 3 is 2.65 bits per heavy atom. The molecular weight excluding hydrogens is 371 g/mol. The van der Waals surface area contributed by atoms with Crippen LogP contribution in [-0.4, -0.2) is 29.4 Å². The topological polar surface area (TPSA) is 84.5 Å². The van der Waals surface area contributed by atoms with Crippen molar-refractivity contribution in [2.24, 2.45) is 0 Å². The van der Waals surface area contributed by atoms with Crippen LogP contribution in [0.1, 0.15) is 37.6 Å². The number of rotatable bonds is 1. The molecule has 1 aliphatic rings. The maximum absolute atomic E-state index is 13.6. The number of fused-ring (bicyclic) bond motifs is 1. The fourth-order valence-corrected chi connectivity index (χ4v) is 2.40. The molecule has 1 atom stereocenters. The highest BCUT2D eigenvalue weighted by Crippen LogP contribution is 2.28. The Balaban J connectivity index is 2.20. The van der Waals surface area contributed by atoms with Crippen LogP contribution in [0.2, 0.25) is 0 Å². The second-order valence-corrected chi connectivity index (χ2v) is 6.98. The van der Waals surface area contributed by atoms with Crippen LogP contribution in [0.4, 0.5) is 14.9 Å². The number of ether oxygens (including phenoxy) is 1. The average Bonchev–Trinajstić information content (AvgIpc) is 2.48. The molecule has 2 rings (SSSR count). The smallest absolute Gasteiger partial charge is 0.408 e. The summed E-state index contributed by atoms with van der Waals surface area (Å²) in [5.74, 6) is -1.63. The molecule has 23 heavy (non-hydrogen) atoms. The molecular formula is C15H16BrFN2O4. The number of carbonyl (C=O) groups excluding carboxylic acids is 3. The molecule has 1 aromatic rings. The zero-order valence-corrected chi connectivity index (χ0v) is 14.4. The van der Waals surface area contributed by atoms with Crippen molar-refractivity contribution >= 4 is 39.4 Å². The summed E-state index contributed by atoms with van der Waals surface area (Å²) in [6.07, 6.45) is -1.08. The highest BCUT2D eigenvalue weighted by Gasteiger charge is 2.31. The van der Waals surface area contributed by atoms with Crippen molar-refractivity contribution in [3.8, 4) is 0 Å². The van der Waals surface area contributed by atoms with Gasteiger partial charge in [0.05, 0.1) is 10.2 Å². The number of amides is 2. The summed E-state index contributed by atoms with van der Waals surface area (Å²) in [7, 11) is 0. The number of alkyl carbamates (subject to hydrolysis) is 1. The molecule has 0 aliphatic carbocycles. The highest BCUT2D eigenvalue weighted by molar-refractivity contribution is 9.10. The minimum atomic E-state index is -1.09. The Hall–Kier alpha value is -1.96. The van der Waals surface area contributed by atoms with Crippen LogP contribution >= 0.6 is 15.9 Å². The van der Waals surface area contributed by atoms with Crippen molar-refractivity contribution in [3.05, 3.63) is 28.0 Å². The van der Waals surface area contributed by atoms with Crippen molar-refractivity contribution in [1.82, 2.24) is 5.32 Å². The Morgan fingerprint density at radius 1 is 1.39 bits per heavy atom. The number of carbonyl (C=O) groups is 3. The van der Waals surface area contributed by atoms with Gasteiger partial charge in [-0.05, 0) is 48.8 Å². The van der Waals surface area contributed by atoms with Gasteiger partial charge in [-0.1, -0.05) is 0 Å². The molecule has 124 valence electrons. The maximum Gasteiger partial charge on any atom is 0.408 e. The second kappa shape index (κ2) is 6.27. The van der Waals surface area contributed by atoms with E-state index in [1.165, 1.54) is 6.07 Å². The first-order valence-corrected chi connectivity index (χ1v) is 7.69. The van der Waals surface area contributed by atoms with Gasteiger partial charge in [-0.2, -0.15) is 0 Å². The molecule has 1 aromatic carbocycles. The molecule has 1 heterocycles. The molecule has 8 heteroatoms. The number of Topliss-reactive ketones (excluding diaryl/α,β-unsaturated/α-hetero) is 1. The largest absolute Gasteiger partial charge is 0.444 e. The van der Waals surface area contributed by atoms with Crippen molar-refractivity contribution in [2.75, 3.05) is 5.32 Å². The van der Waals surface area contributed by atoms with Gasteiger partial charge in [0.1, 0.15) is 17.5 Å². The van der Waals surface area contributed by atoms with E-state index in [0.717, 1.165) is 6.07 Å². The molecule has 1 unspecified atom stereocenters. The first kappa shape index (κ1) is 17.4. The van der Waals surface area contributed by atoms with E-state index in [0.29, 0.717) is 0 Å². The summed E-state index contributed by atoms with van der Waals surface area (Å²) in [4.78, 5) is 36.2. The van der Waals surface area contributed by atoms with Crippen LogP contribution in [0.25, 0.3) is 0 Å². The molecule has 0 saturated heterocycles. The Labute approximate surface area is 140 Å². The van der Waals surface area contributed by atoms with E-state index in [1.54, 1.807) is 20.8 Å². The number of nitrogens with one attached hydrogen (secondary N) is 2. The van der Waals surface area contributed by atoms with Crippen molar-refractivity contribution in [2.45, 2.75) is 38.8 Å². The minimum absolute atomic E-state index is 0.0625. The summed E-state index contributed by atoms with van der Waals surface area (Å²) in [6.45, 7) is 5.04. The minimum Gasteiger partial charge on any atom is -0.444 e. The maximum atomic E-state index is 13.6. The van der Waals surface area contributed by atoms with Gasteiger partial charge < -0.3 is 15.4 Å². The van der Waals surface area contributed by atoms with E-state index in [2.05, 4.69) is 26.6 Å². The molecule has 0 aromatic heterocycles.